The number of ether oxygens (including phenoxy) is 2. The molecule has 1 fully saturated rings. The summed E-state index contributed by atoms with van der Waals surface area (Å²) >= 11 is 0. The Kier molecular flexibility index (Phi) is 4.27. The number of methoxy groups -OCH3 is 2. The molecule has 0 spiro atoms. The second-order valence-electron chi connectivity index (χ2n) is 4.56. The molecule has 1 aromatic rings. The lowest BCUT2D eigenvalue weighted by Crippen LogP contribution is -2.35. The molecule has 5 heteroatoms. The summed E-state index contributed by atoms with van der Waals surface area (Å²) in [5.74, 6) is 1.53. The molecule has 1 aliphatic rings. The molecule has 1 aliphatic heterocycles. The van der Waals surface area contributed by atoms with Gasteiger partial charge in [0.05, 0.1) is 26.8 Å². The third-order valence-corrected chi connectivity index (χ3v) is 3.54. The number of benzene rings is 1. The first-order chi connectivity index (χ1) is 9.21. The van der Waals surface area contributed by atoms with Crippen LogP contribution in [-0.4, -0.2) is 38.1 Å². The Hall–Kier alpha value is -1.75. The summed E-state index contributed by atoms with van der Waals surface area (Å²) in [6.07, 6.45) is 1.91. The number of amides is 1. The molecule has 0 radical (unpaired) electrons. The van der Waals surface area contributed by atoms with Crippen molar-refractivity contribution in [2.75, 3.05) is 27.3 Å². The van der Waals surface area contributed by atoms with Gasteiger partial charge < -0.3 is 20.1 Å². The lowest BCUT2D eigenvalue weighted by Gasteiger charge is -2.26. The molecule has 2 rings (SSSR count). The van der Waals surface area contributed by atoms with E-state index in [1.165, 1.54) is 0 Å². The Morgan fingerprint density at radius 1 is 1.42 bits per heavy atom. The Labute approximate surface area is 113 Å². The average Bonchev–Trinajstić information content (AvgIpc) is 2.94. The van der Waals surface area contributed by atoms with E-state index in [0.717, 1.165) is 36.4 Å². The molecule has 1 amide bonds. The first-order valence-corrected chi connectivity index (χ1v) is 6.42. The molecule has 1 aromatic carbocycles. The number of carbonyl (C=O) groups excluding carboxylic acids is 1. The van der Waals surface area contributed by atoms with Gasteiger partial charge >= 0.3 is 0 Å². The van der Waals surface area contributed by atoms with Gasteiger partial charge in [-0.05, 0) is 31.0 Å². The molecular weight excluding hydrogens is 244 g/mol. The van der Waals surface area contributed by atoms with E-state index >= 15 is 0 Å². The zero-order valence-electron chi connectivity index (χ0n) is 11.4. The van der Waals surface area contributed by atoms with E-state index < -0.39 is 0 Å². The predicted molar refractivity (Wildman–Crippen MR) is 72.3 cm³/mol. The minimum absolute atomic E-state index is 0.0210. The maximum atomic E-state index is 11.9. The zero-order valence-corrected chi connectivity index (χ0v) is 11.4. The minimum Gasteiger partial charge on any atom is -0.497 e. The van der Waals surface area contributed by atoms with Crippen LogP contribution >= 0.6 is 0 Å². The number of rotatable bonds is 4. The van der Waals surface area contributed by atoms with Crippen molar-refractivity contribution in [3.63, 3.8) is 0 Å². The summed E-state index contributed by atoms with van der Waals surface area (Å²) < 4.78 is 10.6. The summed E-state index contributed by atoms with van der Waals surface area (Å²) in [5, 5.41) is 0. The highest BCUT2D eigenvalue weighted by Gasteiger charge is 2.31. The van der Waals surface area contributed by atoms with Gasteiger partial charge in [0.25, 0.3) is 0 Å². The molecule has 1 unspecified atom stereocenters. The lowest BCUT2D eigenvalue weighted by molar-refractivity contribution is -0.130. The smallest absolute Gasteiger partial charge is 0.236 e. The monoisotopic (exact) mass is 264 g/mol. The molecular formula is C14H20N2O3. The number of likely N-dealkylation sites (tertiary alicyclic amines) is 1. The van der Waals surface area contributed by atoms with E-state index in [1.54, 1.807) is 14.2 Å². The van der Waals surface area contributed by atoms with Crippen molar-refractivity contribution in [2.45, 2.75) is 18.9 Å². The zero-order chi connectivity index (χ0) is 13.8. The van der Waals surface area contributed by atoms with Gasteiger partial charge in [-0.1, -0.05) is 0 Å². The van der Waals surface area contributed by atoms with E-state index in [9.17, 15) is 4.79 Å². The molecule has 5 nitrogen and oxygen atoms in total. The molecule has 0 aliphatic carbocycles. The average molecular weight is 264 g/mol. The number of carbonyl (C=O) groups is 1. The molecule has 104 valence electrons. The van der Waals surface area contributed by atoms with Gasteiger partial charge in [-0.3, -0.25) is 4.79 Å². The SMILES string of the molecule is COc1ccc(OC)c(C2CCCN2C(=O)CN)c1. The molecule has 0 bridgehead atoms. The maximum absolute atomic E-state index is 11.9. The normalized spacial score (nSPS) is 18.5. The fraction of sp³-hybridized carbons (Fsp3) is 0.500. The number of hydrogen-bond acceptors (Lipinski definition) is 4. The molecule has 1 atom stereocenters. The summed E-state index contributed by atoms with van der Waals surface area (Å²) in [4.78, 5) is 13.7. The van der Waals surface area contributed by atoms with Crippen molar-refractivity contribution in [3.8, 4) is 11.5 Å². The first kappa shape index (κ1) is 13.7. The summed E-state index contributed by atoms with van der Waals surface area (Å²) in [7, 11) is 3.26. The molecule has 1 saturated heterocycles. The maximum Gasteiger partial charge on any atom is 0.236 e. The predicted octanol–water partition coefficient (Wildman–Crippen LogP) is 1.33. The van der Waals surface area contributed by atoms with Crippen LogP contribution in [0.25, 0.3) is 0 Å². The lowest BCUT2D eigenvalue weighted by atomic mass is 10.0. The van der Waals surface area contributed by atoms with Crippen molar-refractivity contribution in [1.29, 1.82) is 0 Å². The van der Waals surface area contributed by atoms with Crippen LogP contribution < -0.4 is 15.2 Å². The Balaban J connectivity index is 2.36. The van der Waals surface area contributed by atoms with Crippen LogP contribution in [0.15, 0.2) is 18.2 Å². The van der Waals surface area contributed by atoms with Crippen molar-refractivity contribution in [1.82, 2.24) is 4.90 Å². The topological polar surface area (TPSA) is 64.8 Å². The van der Waals surface area contributed by atoms with Crippen molar-refractivity contribution < 1.29 is 14.3 Å². The second-order valence-corrected chi connectivity index (χ2v) is 4.56. The Bertz CT molecular complexity index is 462. The van der Waals surface area contributed by atoms with Crippen molar-refractivity contribution in [2.24, 2.45) is 5.73 Å². The summed E-state index contributed by atoms with van der Waals surface area (Å²) in [5.41, 5.74) is 6.46. The van der Waals surface area contributed by atoms with Gasteiger partial charge in [0, 0.05) is 12.1 Å². The van der Waals surface area contributed by atoms with Crippen LogP contribution in [0.3, 0.4) is 0 Å². The van der Waals surface area contributed by atoms with Crippen LogP contribution in [0.5, 0.6) is 11.5 Å². The highest BCUT2D eigenvalue weighted by Crippen LogP contribution is 2.38. The molecule has 1 heterocycles. The molecule has 0 saturated carbocycles. The van der Waals surface area contributed by atoms with Gasteiger partial charge in [0.2, 0.25) is 5.91 Å². The van der Waals surface area contributed by atoms with Crippen LogP contribution in [0.4, 0.5) is 0 Å². The third kappa shape index (κ3) is 2.66. The van der Waals surface area contributed by atoms with Gasteiger partial charge in [-0.2, -0.15) is 0 Å². The van der Waals surface area contributed by atoms with E-state index in [-0.39, 0.29) is 18.5 Å². The fourth-order valence-corrected chi connectivity index (χ4v) is 2.61. The Morgan fingerprint density at radius 2 is 2.21 bits per heavy atom. The van der Waals surface area contributed by atoms with E-state index in [0.29, 0.717) is 0 Å². The second kappa shape index (κ2) is 5.93. The minimum atomic E-state index is -0.0210. The van der Waals surface area contributed by atoms with Gasteiger partial charge in [-0.25, -0.2) is 0 Å². The van der Waals surface area contributed by atoms with Crippen LogP contribution in [0, 0.1) is 0 Å². The van der Waals surface area contributed by atoms with Gasteiger partial charge in [-0.15, -0.1) is 0 Å². The molecule has 19 heavy (non-hydrogen) atoms. The summed E-state index contributed by atoms with van der Waals surface area (Å²) in [6.45, 7) is 0.795. The largest absolute Gasteiger partial charge is 0.497 e. The van der Waals surface area contributed by atoms with Gasteiger partial charge in [0.15, 0.2) is 0 Å². The fourth-order valence-electron chi connectivity index (χ4n) is 2.61. The molecule has 0 aromatic heterocycles. The Morgan fingerprint density at radius 3 is 2.84 bits per heavy atom. The van der Waals surface area contributed by atoms with Gasteiger partial charge in [0.1, 0.15) is 11.5 Å². The van der Waals surface area contributed by atoms with Crippen LogP contribution in [-0.2, 0) is 4.79 Å². The van der Waals surface area contributed by atoms with E-state index in [2.05, 4.69) is 0 Å². The van der Waals surface area contributed by atoms with Crippen LogP contribution in [0.2, 0.25) is 0 Å². The summed E-state index contributed by atoms with van der Waals surface area (Å²) in [6, 6.07) is 5.69. The quantitative estimate of drug-likeness (QED) is 0.891. The standard InChI is InChI=1S/C14H20N2O3/c1-18-10-5-6-13(19-2)11(8-10)12-4-3-7-16(12)14(17)9-15/h5-6,8,12H,3-4,7,9,15H2,1-2H3. The number of hydrogen-bond donors (Lipinski definition) is 1. The van der Waals surface area contributed by atoms with E-state index in [4.69, 9.17) is 15.2 Å². The number of nitrogens with zero attached hydrogens (tertiary/aromatic N) is 1. The third-order valence-electron chi connectivity index (χ3n) is 3.54. The van der Waals surface area contributed by atoms with Crippen molar-refractivity contribution >= 4 is 5.91 Å². The highest BCUT2D eigenvalue weighted by molar-refractivity contribution is 5.79. The van der Waals surface area contributed by atoms with Crippen LogP contribution in [0.1, 0.15) is 24.4 Å². The number of nitrogens with two attached hydrogens (primary N) is 1. The van der Waals surface area contributed by atoms with Crippen molar-refractivity contribution in [3.05, 3.63) is 23.8 Å². The van der Waals surface area contributed by atoms with E-state index in [1.807, 2.05) is 23.1 Å². The highest BCUT2D eigenvalue weighted by atomic mass is 16.5. The first-order valence-electron chi connectivity index (χ1n) is 6.42. The molecule has 2 N–H and O–H groups in total.